The number of hydrogen-bond donors (Lipinski definition) is 1. The Hall–Kier alpha value is -3.62. The zero-order chi connectivity index (χ0) is 26.5. The molecule has 1 aliphatic carbocycles. The number of phenolic OH excluding ortho intramolecular Hbond substituents is 1. The Kier molecular flexibility index (Phi) is 8.55. The lowest BCUT2D eigenvalue weighted by molar-refractivity contribution is -0.274. The molecule has 1 amide bonds. The summed E-state index contributed by atoms with van der Waals surface area (Å²) in [5.74, 6) is 1.49. The molecule has 2 aliphatic rings. The number of carbonyl (C=O) groups excluding carboxylic acids is 1. The molecule has 1 heterocycles. The normalized spacial score (nSPS) is 16.8. The zero-order valence-electron chi connectivity index (χ0n) is 20.7. The van der Waals surface area contributed by atoms with Gasteiger partial charge in [-0.25, -0.2) is 0 Å². The van der Waals surface area contributed by atoms with Gasteiger partial charge in [-0.05, 0) is 54.3 Å². The molecule has 0 saturated heterocycles. The smallest absolute Gasteiger partial charge is 0.508 e. The Balaban J connectivity index is 0.000000236. The van der Waals surface area contributed by atoms with Crippen molar-refractivity contribution in [2.24, 2.45) is 5.92 Å². The predicted octanol–water partition coefficient (Wildman–Crippen LogP) is 5.54. The van der Waals surface area contributed by atoms with E-state index in [0.29, 0.717) is 31.7 Å². The Morgan fingerprint density at radius 2 is 1.89 bits per heavy atom. The maximum Gasteiger partial charge on any atom is 0.573 e. The number of rotatable bonds is 5. The van der Waals surface area contributed by atoms with Crippen LogP contribution in [-0.4, -0.2) is 43.0 Å². The van der Waals surface area contributed by atoms with Crippen LogP contribution in [0, 0.1) is 5.92 Å². The summed E-state index contributed by atoms with van der Waals surface area (Å²) in [6, 6.07) is 9.31. The van der Waals surface area contributed by atoms with Crippen molar-refractivity contribution in [1.29, 1.82) is 0 Å². The van der Waals surface area contributed by atoms with Crippen LogP contribution in [0.15, 0.2) is 59.9 Å². The Bertz CT molecular complexity index is 1140. The molecule has 1 N–H and O–H groups in total. The summed E-state index contributed by atoms with van der Waals surface area (Å²) in [7, 11) is 3.20. The topological polar surface area (TPSA) is 68.2 Å². The van der Waals surface area contributed by atoms with Crippen molar-refractivity contribution >= 4 is 5.91 Å². The number of alkyl halides is 3. The number of ether oxygens (including phenoxy) is 3. The lowest BCUT2D eigenvalue weighted by atomic mass is 9.96. The number of carbonyl (C=O) groups is 1. The van der Waals surface area contributed by atoms with E-state index in [2.05, 4.69) is 4.74 Å². The molecular formula is C27H30F3NO5. The molecule has 0 bridgehead atoms. The fourth-order valence-corrected chi connectivity index (χ4v) is 4.23. The second kappa shape index (κ2) is 11.4. The minimum atomic E-state index is -4.60. The molecular weight excluding hydrogens is 475 g/mol. The number of amides is 1. The molecule has 0 saturated carbocycles. The van der Waals surface area contributed by atoms with Gasteiger partial charge in [0.25, 0.3) is 5.91 Å². The van der Waals surface area contributed by atoms with E-state index in [1.54, 1.807) is 38.5 Å². The third kappa shape index (κ3) is 6.53. The van der Waals surface area contributed by atoms with Gasteiger partial charge >= 0.3 is 6.36 Å². The first kappa shape index (κ1) is 27.0. The van der Waals surface area contributed by atoms with E-state index in [1.807, 2.05) is 30.9 Å². The van der Waals surface area contributed by atoms with Crippen molar-refractivity contribution in [2.45, 2.75) is 39.6 Å². The minimum absolute atomic E-state index is 0.0180. The van der Waals surface area contributed by atoms with Gasteiger partial charge in [-0.3, -0.25) is 4.79 Å². The van der Waals surface area contributed by atoms with Crippen LogP contribution >= 0.6 is 0 Å². The molecule has 1 atom stereocenters. The van der Waals surface area contributed by atoms with Gasteiger partial charge in [0.2, 0.25) is 0 Å². The number of aryl methyl sites for hydroxylation is 1. The fourth-order valence-electron chi connectivity index (χ4n) is 4.23. The van der Waals surface area contributed by atoms with E-state index in [1.165, 1.54) is 12.1 Å². The molecule has 2 aromatic carbocycles. The summed E-state index contributed by atoms with van der Waals surface area (Å²) in [5.41, 5.74) is 3.58. The van der Waals surface area contributed by atoms with Crippen molar-refractivity contribution in [3.05, 3.63) is 76.6 Å². The van der Waals surface area contributed by atoms with Crippen LogP contribution in [0.25, 0.3) is 0 Å². The Labute approximate surface area is 208 Å². The van der Waals surface area contributed by atoms with Crippen LogP contribution in [0.3, 0.4) is 0 Å². The van der Waals surface area contributed by atoms with Crippen molar-refractivity contribution < 1.29 is 37.3 Å². The molecule has 2 aromatic rings. The van der Waals surface area contributed by atoms with Gasteiger partial charge < -0.3 is 24.2 Å². The van der Waals surface area contributed by atoms with Gasteiger partial charge in [0.05, 0.1) is 14.2 Å². The number of fused-ring (bicyclic) bond motifs is 1. The van der Waals surface area contributed by atoms with Crippen molar-refractivity contribution in [2.75, 3.05) is 20.8 Å². The third-order valence-corrected chi connectivity index (χ3v) is 6.14. The number of hydrogen-bond acceptors (Lipinski definition) is 5. The van der Waals surface area contributed by atoms with E-state index < -0.39 is 6.36 Å². The summed E-state index contributed by atoms with van der Waals surface area (Å²) in [4.78, 5) is 14.7. The summed E-state index contributed by atoms with van der Waals surface area (Å²) < 4.78 is 49.7. The molecule has 1 aliphatic heterocycles. The number of benzene rings is 2. The van der Waals surface area contributed by atoms with E-state index in [0.717, 1.165) is 28.0 Å². The molecule has 1 unspecified atom stereocenters. The molecule has 0 spiro atoms. The lowest BCUT2D eigenvalue weighted by Crippen LogP contribution is -2.38. The maximum absolute atomic E-state index is 12.8. The maximum atomic E-state index is 12.8. The predicted molar refractivity (Wildman–Crippen MR) is 129 cm³/mol. The van der Waals surface area contributed by atoms with Crippen LogP contribution in [0.2, 0.25) is 0 Å². The largest absolute Gasteiger partial charge is 0.573 e. The Morgan fingerprint density at radius 3 is 2.50 bits per heavy atom. The summed E-state index contributed by atoms with van der Waals surface area (Å²) in [6.45, 7) is 4.96. The van der Waals surface area contributed by atoms with E-state index >= 15 is 0 Å². The van der Waals surface area contributed by atoms with Crippen LogP contribution in [0.5, 0.6) is 17.2 Å². The van der Waals surface area contributed by atoms with E-state index in [-0.39, 0.29) is 23.3 Å². The second-order valence-corrected chi connectivity index (χ2v) is 8.43. The van der Waals surface area contributed by atoms with Crippen LogP contribution in [0.4, 0.5) is 13.2 Å². The summed E-state index contributed by atoms with van der Waals surface area (Å²) >= 11 is 0. The average molecular weight is 506 g/mol. The average Bonchev–Trinajstić information content (AvgIpc) is 3.22. The number of methoxy groups -OCH3 is 2. The van der Waals surface area contributed by atoms with Gasteiger partial charge in [-0.2, -0.15) is 0 Å². The molecule has 194 valence electrons. The van der Waals surface area contributed by atoms with Gasteiger partial charge in [0.15, 0.2) is 0 Å². The van der Waals surface area contributed by atoms with E-state index in [9.17, 15) is 23.1 Å². The molecule has 9 heteroatoms. The van der Waals surface area contributed by atoms with Crippen LogP contribution in [-0.2, 0) is 28.9 Å². The second-order valence-electron chi connectivity index (χ2n) is 8.43. The first-order valence-electron chi connectivity index (χ1n) is 11.5. The standard InChI is InChI=1S/C18H21NO4.C9H9F3O/c1-11-14(4-5-16(11)22-2)18(21)19-7-6-12-8-13(20)9-17(23-3)15(12)10-19;1-2-7-4-3-5-8(6-7)13-9(10,11)12/h4-5,8-9,11,20H,6-7,10H2,1-3H3;3-6H,2H2,1H3. The lowest BCUT2D eigenvalue weighted by Gasteiger charge is -2.31. The molecule has 0 radical (unpaired) electrons. The van der Waals surface area contributed by atoms with E-state index in [4.69, 9.17) is 9.47 Å². The first-order valence-corrected chi connectivity index (χ1v) is 11.5. The SMILES string of the molecule is CCc1cccc(OC(F)(F)F)c1.COC1=CC=C(C(=O)N2CCc3cc(O)cc(OC)c3C2)C1C. The highest BCUT2D eigenvalue weighted by Crippen LogP contribution is 2.34. The molecule has 4 rings (SSSR count). The number of allylic oxidation sites excluding steroid dienone is 3. The van der Waals surface area contributed by atoms with Gasteiger partial charge in [0.1, 0.15) is 23.0 Å². The molecule has 36 heavy (non-hydrogen) atoms. The van der Waals surface area contributed by atoms with Gasteiger partial charge in [-0.15, -0.1) is 13.2 Å². The first-order chi connectivity index (χ1) is 17.1. The number of halogens is 3. The zero-order valence-corrected chi connectivity index (χ0v) is 20.7. The number of nitrogens with zero attached hydrogens (tertiary/aromatic N) is 1. The van der Waals surface area contributed by atoms with Crippen molar-refractivity contribution in [3.63, 3.8) is 0 Å². The fraction of sp³-hybridized carbons (Fsp3) is 0.370. The van der Waals surface area contributed by atoms with Crippen LogP contribution in [0.1, 0.15) is 30.5 Å². The van der Waals surface area contributed by atoms with Crippen molar-refractivity contribution in [3.8, 4) is 17.2 Å². The van der Waals surface area contributed by atoms with Gasteiger partial charge in [-0.1, -0.05) is 26.0 Å². The Morgan fingerprint density at radius 1 is 1.14 bits per heavy atom. The number of aromatic hydroxyl groups is 1. The monoisotopic (exact) mass is 505 g/mol. The quantitative estimate of drug-likeness (QED) is 0.578. The highest BCUT2D eigenvalue weighted by atomic mass is 19.4. The van der Waals surface area contributed by atoms with Crippen LogP contribution < -0.4 is 9.47 Å². The molecule has 0 aromatic heterocycles. The highest BCUT2D eigenvalue weighted by molar-refractivity contribution is 5.95. The number of phenols is 1. The highest BCUT2D eigenvalue weighted by Gasteiger charge is 2.32. The summed E-state index contributed by atoms with van der Waals surface area (Å²) in [5, 5.41) is 9.75. The molecule has 6 nitrogen and oxygen atoms in total. The van der Waals surface area contributed by atoms with Crippen molar-refractivity contribution in [1.82, 2.24) is 4.90 Å². The molecule has 0 fully saturated rings. The van der Waals surface area contributed by atoms with Gasteiger partial charge in [0, 0.05) is 36.2 Å². The summed E-state index contributed by atoms with van der Waals surface area (Å²) in [6.07, 6.45) is 0.489. The third-order valence-electron chi connectivity index (χ3n) is 6.14. The minimum Gasteiger partial charge on any atom is -0.508 e.